The van der Waals surface area contributed by atoms with Crippen LogP contribution in [0.1, 0.15) is 12.5 Å². The number of nitro groups is 2. The summed E-state index contributed by atoms with van der Waals surface area (Å²) in [5.41, 5.74) is -6.02. The number of hydrogen-bond acceptors (Lipinski definition) is 28. The predicted molar refractivity (Wildman–Crippen MR) is 243 cm³/mol. The summed E-state index contributed by atoms with van der Waals surface area (Å²) in [4.78, 5) is 26.2. The number of amides is 1. The van der Waals surface area contributed by atoms with Crippen LogP contribution in [-0.4, -0.2) is 72.7 Å². The van der Waals surface area contributed by atoms with Crippen molar-refractivity contribution in [3.63, 3.8) is 0 Å². The van der Waals surface area contributed by atoms with Gasteiger partial charge in [-0.3, -0.25) is 25.0 Å². The normalized spacial score (nSPS) is 11.4. The largest absolute Gasteiger partial charge is 3.00 e. The third-order valence-corrected chi connectivity index (χ3v) is 13.2. The van der Waals surface area contributed by atoms with Crippen LogP contribution < -0.4 is 174 Å². The van der Waals surface area contributed by atoms with E-state index in [4.69, 9.17) is 0 Å². The summed E-state index contributed by atoms with van der Waals surface area (Å²) in [5.74, 6) is -6.04. The first kappa shape index (κ1) is 78.3. The molecule has 7 rings (SSSR count). The molecule has 82 heavy (non-hydrogen) atoms. The number of hydrogen-bond donors (Lipinski definition) is 2. The van der Waals surface area contributed by atoms with Crippen LogP contribution in [0.25, 0.3) is 21.5 Å². The predicted octanol–water partition coefficient (Wildman–Crippen LogP) is -10.4. The third-order valence-electron chi connectivity index (χ3n) is 9.85. The van der Waals surface area contributed by atoms with Crippen LogP contribution in [0.5, 0.6) is 28.7 Å². The number of benzene rings is 7. The van der Waals surface area contributed by atoms with E-state index in [1.807, 2.05) is 0 Å². The number of nitro benzene ring substituents is 2. The van der Waals surface area contributed by atoms with Gasteiger partial charge in [0.1, 0.15) is 51.9 Å². The van der Waals surface area contributed by atoms with Crippen LogP contribution in [-0.2, 0) is 62.6 Å². The molecule has 41 heteroatoms. The van der Waals surface area contributed by atoms with Gasteiger partial charge in [0.15, 0.2) is 0 Å². The number of aromatic hydroxyl groups is 1. The van der Waals surface area contributed by atoms with Crippen molar-refractivity contribution >= 4 is 119 Å². The van der Waals surface area contributed by atoms with Gasteiger partial charge in [-0.05, 0) is 94.7 Å². The molecule has 2 N–H and O–H groups in total. The summed E-state index contributed by atoms with van der Waals surface area (Å²) in [7, 11) is -21.4. The van der Waals surface area contributed by atoms with E-state index in [-0.39, 0.29) is 222 Å². The average molecular weight is 1290 g/mol. The van der Waals surface area contributed by atoms with Gasteiger partial charge < -0.3 is 49.1 Å². The van der Waals surface area contributed by atoms with Gasteiger partial charge in [0.2, 0.25) is 5.91 Å². The number of carbonyl (C=O) groups is 1. The second-order valence-electron chi connectivity index (χ2n) is 15.1. The maximum atomic E-state index is 13.2. The van der Waals surface area contributed by atoms with E-state index in [1.54, 1.807) is 13.0 Å². The summed E-state index contributed by atoms with van der Waals surface area (Å²) in [6.07, 6.45) is 0. The first-order valence-corrected chi connectivity index (χ1v) is 25.5. The molecule has 0 heterocycles. The Bertz CT molecular complexity index is 4250. The molecular weight excluding hydrogens is 1270 g/mol. The van der Waals surface area contributed by atoms with Gasteiger partial charge >= 0.3 is 165 Å². The van der Waals surface area contributed by atoms with Crippen molar-refractivity contribution in [3.8, 4) is 28.7 Å². The molecule has 0 bridgehead atoms. The van der Waals surface area contributed by atoms with E-state index >= 15 is 0 Å². The summed E-state index contributed by atoms with van der Waals surface area (Å²) in [6.45, 7) is 2.94. The summed E-state index contributed by atoms with van der Waals surface area (Å²) < 4.78 is 139. The number of phenols is 1. The van der Waals surface area contributed by atoms with Gasteiger partial charge in [-0.25, -0.2) is 33.7 Å². The van der Waals surface area contributed by atoms with Gasteiger partial charge in [0.05, 0.1) is 57.9 Å². The summed E-state index contributed by atoms with van der Waals surface area (Å²) >= 11 is 0. The third kappa shape index (κ3) is 19.2. The Morgan fingerprint density at radius 2 is 0.902 bits per heavy atom. The van der Waals surface area contributed by atoms with E-state index in [9.17, 15) is 102 Å². The van der Waals surface area contributed by atoms with E-state index in [1.165, 1.54) is 43.3 Å². The standard InChI is InChI=1S/C23H17N5O11S2.C18H14N4O11S2.Cr.5Na/c1-11-2-5-19(29)16(6-11)25-24-13-4-3-12-7-20(41(37,38)39)21(22(30)15(12)8-13)27-26-17-9-14(40(34,35)36)10-18(23(17)31)28(32)33;1-8(23)19-10-3-2-9-4-15(35(31,32)33)16(17(24)12(9)5-10)21-20-13-6-11(34(28,29)30)7-14(18(13)25)22(26)27;;;;;;/h2-10,29-31H,1H3,(H,34,35,36)(H,37,38,39);2-7,24-25H,1H3,(H,19,23)(H,28,29,30)(H,31,32,33);;;;;;/q;;+3;5*+1/p-8. The van der Waals surface area contributed by atoms with E-state index in [0.29, 0.717) is 12.1 Å². The SMILES string of the molecule is CC(=O)Nc1ccc2cc(S(=O)(=O)[O-])c(N=Nc3cc(S(=O)(=O)[O-])cc([N+](=O)[O-])c3[O-])c([O-])c2c1.Cc1ccc(O)c(N=Nc2ccc3cc(S(=O)(=O)[O-])c(N=Nc4cc(S(=O)(=O)[O-])cc([N+](=O)[O-])c4[O-])c([O-])c3c2)c1.[Cr+3].[Na+].[Na+].[Na+].[Na+].[Na+]. The number of azo groups is 3. The van der Waals surface area contributed by atoms with E-state index < -0.39 is 133 Å². The minimum Gasteiger partial charge on any atom is -0.871 e. The molecule has 31 nitrogen and oxygen atoms in total. The molecule has 0 saturated carbocycles. The van der Waals surface area contributed by atoms with Crippen molar-refractivity contribution < 1.29 is 257 Å². The number of carbonyl (C=O) groups excluding carboxylic acids is 1. The number of phenolic OH excluding ortho intramolecular Hbond substituents is 1. The number of nitrogens with one attached hydrogen (secondary N) is 1. The minimum absolute atomic E-state index is 0. The Balaban J connectivity index is 0.00000151. The Morgan fingerprint density at radius 1 is 0.500 bits per heavy atom. The summed E-state index contributed by atoms with van der Waals surface area (Å²) in [5, 5.41) is 106. The topological polar surface area (TPSA) is 531 Å². The van der Waals surface area contributed by atoms with Crippen LogP contribution in [0.3, 0.4) is 0 Å². The molecule has 1 radical (unpaired) electrons. The maximum absolute atomic E-state index is 13.2. The number of aryl methyl sites for hydroxylation is 1. The van der Waals surface area contributed by atoms with E-state index in [0.717, 1.165) is 29.8 Å². The second kappa shape index (κ2) is 31.1. The number of anilines is 1. The molecule has 7 aromatic carbocycles. The van der Waals surface area contributed by atoms with Crippen LogP contribution in [0, 0.1) is 27.2 Å². The van der Waals surface area contributed by atoms with Gasteiger partial charge in [-0.2, -0.15) is 15.3 Å². The van der Waals surface area contributed by atoms with Crippen molar-refractivity contribution in [1.82, 2.24) is 0 Å². The molecule has 0 aliphatic carbocycles. The molecule has 0 aliphatic rings. The van der Waals surface area contributed by atoms with Crippen LogP contribution in [0.4, 0.5) is 51.2 Å². The molecular formula is C41H23CrN9Na5O22S4. The van der Waals surface area contributed by atoms with Crippen molar-refractivity contribution in [3.05, 3.63) is 117 Å². The molecule has 7 aromatic rings. The minimum atomic E-state index is -5.39. The number of fused-ring (bicyclic) bond motifs is 2. The van der Waals surface area contributed by atoms with Crippen molar-refractivity contribution in [2.75, 3.05) is 5.32 Å². The van der Waals surface area contributed by atoms with Crippen LogP contribution in [0.15, 0.2) is 141 Å². The van der Waals surface area contributed by atoms with Crippen LogP contribution in [0.2, 0.25) is 0 Å². The Labute approximate surface area is 583 Å². The van der Waals surface area contributed by atoms with Gasteiger partial charge in [0, 0.05) is 36.2 Å². The zero-order chi connectivity index (χ0) is 56.6. The van der Waals surface area contributed by atoms with Gasteiger partial charge in [0.25, 0.3) is 11.4 Å². The van der Waals surface area contributed by atoms with Gasteiger partial charge in [-0.1, -0.05) is 29.7 Å². The Kier molecular flexibility index (Phi) is 29.7. The van der Waals surface area contributed by atoms with Crippen molar-refractivity contribution in [2.24, 2.45) is 30.7 Å². The summed E-state index contributed by atoms with van der Waals surface area (Å²) in [6, 6.07) is 14.7. The Hall–Kier alpha value is -3.70. The number of nitrogens with zero attached hydrogens (tertiary/aromatic N) is 8. The molecule has 0 aliphatic heterocycles. The molecule has 0 unspecified atom stereocenters. The maximum Gasteiger partial charge on any atom is 3.00 e. The quantitative estimate of drug-likeness (QED) is 0.0356. The zero-order valence-electron chi connectivity index (χ0n) is 42.8. The molecule has 0 saturated heterocycles. The van der Waals surface area contributed by atoms with Gasteiger partial charge in [-0.15, -0.1) is 15.3 Å². The molecule has 0 fully saturated rings. The van der Waals surface area contributed by atoms with Crippen molar-refractivity contribution in [2.45, 2.75) is 33.4 Å². The molecule has 0 aromatic heterocycles. The first-order chi connectivity index (χ1) is 35.1. The fourth-order valence-corrected chi connectivity index (χ4v) is 8.75. The molecule has 1 amide bonds. The average Bonchev–Trinajstić information content (AvgIpc) is 3.30. The van der Waals surface area contributed by atoms with E-state index in [2.05, 4.69) is 36.0 Å². The second-order valence-corrected chi connectivity index (χ2v) is 20.6. The fraction of sp³-hybridized carbons (Fsp3) is 0.0488. The first-order valence-electron chi connectivity index (χ1n) is 19.9. The molecule has 399 valence electrons. The van der Waals surface area contributed by atoms with Crippen molar-refractivity contribution in [1.29, 1.82) is 0 Å². The molecule has 0 spiro atoms. The fourth-order valence-electron chi connectivity index (χ4n) is 6.45. The monoisotopic (exact) mass is 1290 g/mol. The Morgan fingerprint density at radius 3 is 1.29 bits per heavy atom. The van der Waals surface area contributed by atoms with Crippen LogP contribution >= 0.6 is 0 Å². The zero-order valence-corrected chi connectivity index (χ0v) is 57.3. The molecule has 0 atom stereocenters. The number of rotatable bonds is 13. The smallest absolute Gasteiger partial charge is 0.871 e.